The topological polar surface area (TPSA) is 86.8 Å². The number of rotatable bonds is 11. The Morgan fingerprint density at radius 2 is 1.59 bits per heavy atom. The third kappa shape index (κ3) is 7.29. The lowest BCUT2D eigenvalue weighted by Crippen LogP contribution is -2.53. The van der Waals surface area contributed by atoms with E-state index in [1.54, 1.807) is 0 Å². The predicted octanol–water partition coefficient (Wildman–Crippen LogP) is 3.99. The first-order chi connectivity index (χ1) is 16.0. The molecule has 0 unspecified atom stereocenters. The van der Waals surface area contributed by atoms with Crippen LogP contribution in [0.3, 0.4) is 0 Å². The number of halogens is 1. The average molecular weight is 508 g/mol. The molecule has 0 aliphatic heterocycles. The standard InChI is InChI=1S/C25H34ClN3O4S/c1-6-19(4)27-25(31)23(7-2)29(16-20-10-8-18(3)9-11-20)24(30)17-28(5)34(32,33)22-14-12-21(26)13-15-22/h8-15,19,23H,6-7,16-17H2,1-5H3,(H,27,31)/t19-,23+/m0/s1. The lowest BCUT2D eigenvalue weighted by molar-refractivity contribution is -0.141. The molecule has 0 fully saturated rings. The normalized spacial score (nSPS) is 13.4. The molecule has 0 aliphatic carbocycles. The van der Waals surface area contributed by atoms with Gasteiger partial charge < -0.3 is 10.2 Å². The van der Waals surface area contributed by atoms with Gasteiger partial charge in [-0.05, 0) is 56.5 Å². The highest BCUT2D eigenvalue weighted by Crippen LogP contribution is 2.19. The van der Waals surface area contributed by atoms with Crippen molar-refractivity contribution >= 4 is 33.4 Å². The quantitative estimate of drug-likeness (QED) is 0.498. The van der Waals surface area contributed by atoms with Crippen molar-refractivity contribution in [3.8, 4) is 0 Å². The van der Waals surface area contributed by atoms with Gasteiger partial charge in [0.2, 0.25) is 21.8 Å². The summed E-state index contributed by atoms with van der Waals surface area (Å²) >= 11 is 5.87. The van der Waals surface area contributed by atoms with Crippen molar-refractivity contribution < 1.29 is 18.0 Å². The Hall–Kier alpha value is -2.42. The average Bonchev–Trinajstić information content (AvgIpc) is 2.80. The van der Waals surface area contributed by atoms with E-state index in [0.29, 0.717) is 11.4 Å². The molecule has 0 saturated heterocycles. The number of hydrogen-bond donors (Lipinski definition) is 1. The second-order valence-electron chi connectivity index (χ2n) is 8.46. The number of amides is 2. The zero-order valence-corrected chi connectivity index (χ0v) is 22.0. The summed E-state index contributed by atoms with van der Waals surface area (Å²) in [4.78, 5) is 28.0. The fourth-order valence-corrected chi connectivity index (χ4v) is 4.65. The second kappa shape index (κ2) is 12.3. The molecule has 9 heteroatoms. The number of carbonyl (C=O) groups is 2. The third-order valence-electron chi connectivity index (χ3n) is 5.74. The molecule has 0 saturated carbocycles. The highest BCUT2D eigenvalue weighted by Gasteiger charge is 2.32. The molecule has 186 valence electrons. The van der Waals surface area contributed by atoms with Crippen molar-refractivity contribution in [1.29, 1.82) is 0 Å². The number of benzene rings is 2. The number of carbonyl (C=O) groups excluding carboxylic acids is 2. The molecule has 34 heavy (non-hydrogen) atoms. The highest BCUT2D eigenvalue weighted by molar-refractivity contribution is 7.89. The van der Waals surface area contributed by atoms with E-state index in [0.717, 1.165) is 21.9 Å². The van der Waals surface area contributed by atoms with Crippen molar-refractivity contribution in [3.05, 3.63) is 64.7 Å². The molecule has 0 bridgehead atoms. The van der Waals surface area contributed by atoms with Crippen LogP contribution in [-0.4, -0.2) is 55.1 Å². The number of sulfonamides is 1. The molecule has 1 N–H and O–H groups in total. The van der Waals surface area contributed by atoms with Gasteiger partial charge in [0.1, 0.15) is 6.04 Å². The second-order valence-corrected chi connectivity index (χ2v) is 10.9. The lowest BCUT2D eigenvalue weighted by atomic mass is 10.1. The van der Waals surface area contributed by atoms with Crippen LogP contribution in [0.15, 0.2) is 53.4 Å². The van der Waals surface area contributed by atoms with E-state index in [9.17, 15) is 18.0 Å². The molecule has 0 aromatic heterocycles. The van der Waals surface area contributed by atoms with Gasteiger partial charge in [0.25, 0.3) is 0 Å². The first-order valence-electron chi connectivity index (χ1n) is 11.4. The smallest absolute Gasteiger partial charge is 0.243 e. The van der Waals surface area contributed by atoms with E-state index in [-0.39, 0.29) is 23.4 Å². The van der Waals surface area contributed by atoms with Crippen molar-refractivity contribution in [2.75, 3.05) is 13.6 Å². The van der Waals surface area contributed by atoms with Crippen LogP contribution in [0.1, 0.15) is 44.7 Å². The largest absolute Gasteiger partial charge is 0.352 e. The molecule has 7 nitrogen and oxygen atoms in total. The van der Waals surface area contributed by atoms with Crippen molar-refractivity contribution in [2.24, 2.45) is 0 Å². The SMILES string of the molecule is CC[C@H](C(=O)N[C@@H](C)CC)N(Cc1ccc(C)cc1)C(=O)CN(C)S(=O)(=O)c1ccc(Cl)cc1. The van der Waals surface area contributed by atoms with Gasteiger partial charge in [-0.25, -0.2) is 8.42 Å². The minimum Gasteiger partial charge on any atom is -0.352 e. The van der Waals surface area contributed by atoms with Gasteiger partial charge in [0.15, 0.2) is 0 Å². The molecule has 0 spiro atoms. The Labute approximate surface area is 208 Å². The summed E-state index contributed by atoms with van der Waals surface area (Å²) in [5, 5.41) is 3.37. The van der Waals surface area contributed by atoms with Crippen molar-refractivity contribution in [2.45, 2.75) is 64.1 Å². The zero-order valence-electron chi connectivity index (χ0n) is 20.4. The third-order valence-corrected chi connectivity index (χ3v) is 7.81. The van der Waals surface area contributed by atoms with Crippen LogP contribution in [-0.2, 0) is 26.2 Å². The fourth-order valence-electron chi connectivity index (χ4n) is 3.40. The van der Waals surface area contributed by atoms with Gasteiger partial charge in [-0.2, -0.15) is 4.31 Å². The zero-order chi connectivity index (χ0) is 25.5. The van der Waals surface area contributed by atoms with Crippen LogP contribution in [0.5, 0.6) is 0 Å². The molecule has 0 radical (unpaired) electrons. The van der Waals surface area contributed by atoms with E-state index in [4.69, 9.17) is 11.6 Å². The number of nitrogens with zero attached hydrogens (tertiary/aromatic N) is 2. The lowest BCUT2D eigenvalue weighted by Gasteiger charge is -2.32. The van der Waals surface area contributed by atoms with Gasteiger partial charge in [-0.15, -0.1) is 0 Å². The molecule has 2 amide bonds. The maximum atomic E-state index is 13.4. The van der Waals surface area contributed by atoms with Crippen LogP contribution >= 0.6 is 11.6 Å². The summed E-state index contributed by atoms with van der Waals surface area (Å²) in [6.07, 6.45) is 1.16. The first-order valence-corrected chi connectivity index (χ1v) is 13.2. The van der Waals surface area contributed by atoms with Gasteiger partial charge in [-0.3, -0.25) is 9.59 Å². The Morgan fingerprint density at radius 3 is 2.12 bits per heavy atom. The summed E-state index contributed by atoms with van der Waals surface area (Å²) in [7, 11) is -2.56. The van der Waals surface area contributed by atoms with Gasteiger partial charge >= 0.3 is 0 Å². The molecule has 0 aliphatic rings. The molecular weight excluding hydrogens is 474 g/mol. The van der Waals surface area contributed by atoms with Crippen LogP contribution in [0.25, 0.3) is 0 Å². The summed E-state index contributed by atoms with van der Waals surface area (Å²) in [6, 6.07) is 12.7. The number of hydrogen-bond acceptors (Lipinski definition) is 4. The summed E-state index contributed by atoms with van der Waals surface area (Å²) < 4.78 is 27.0. The molecule has 0 heterocycles. The Morgan fingerprint density at radius 1 is 1.00 bits per heavy atom. The van der Waals surface area contributed by atoms with Gasteiger partial charge in [0.05, 0.1) is 11.4 Å². The number of aryl methyl sites for hydroxylation is 1. The van der Waals surface area contributed by atoms with E-state index in [2.05, 4.69) is 5.32 Å². The Balaban J connectivity index is 2.32. The molecule has 2 aromatic carbocycles. The minimum atomic E-state index is -3.91. The number of likely N-dealkylation sites (N-methyl/N-ethyl adjacent to an activating group) is 1. The monoisotopic (exact) mass is 507 g/mol. The van der Waals surface area contributed by atoms with E-state index < -0.39 is 28.5 Å². The van der Waals surface area contributed by atoms with Crippen LogP contribution < -0.4 is 5.32 Å². The molecule has 2 aromatic rings. The van der Waals surface area contributed by atoms with Gasteiger partial charge in [-0.1, -0.05) is 55.3 Å². The maximum absolute atomic E-state index is 13.4. The van der Waals surface area contributed by atoms with E-state index >= 15 is 0 Å². The van der Waals surface area contributed by atoms with Crippen LogP contribution in [0.2, 0.25) is 5.02 Å². The first kappa shape index (κ1) is 27.8. The highest BCUT2D eigenvalue weighted by atomic mass is 35.5. The number of nitrogens with one attached hydrogen (secondary N) is 1. The van der Waals surface area contributed by atoms with Crippen molar-refractivity contribution in [3.63, 3.8) is 0 Å². The van der Waals surface area contributed by atoms with E-state index in [1.165, 1.54) is 36.2 Å². The molecular formula is C25H34ClN3O4S. The Bertz CT molecular complexity index is 1070. The minimum absolute atomic E-state index is 0.0363. The van der Waals surface area contributed by atoms with Crippen molar-refractivity contribution in [1.82, 2.24) is 14.5 Å². The Kier molecular flexibility index (Phi) is 10.1. The molecule has 2 atom stereocenters. The maximum Gasteiger partial charge on any atom is 0.243 e. The van der Waals surface area contributed by atoms with Crippen LogP contribution in [0.4, 0.5) is 0 Å². The predicted molar refractivity (Wildman–Crippen MR) is 135 cm³/mol. The summed E-state index contributed by atoms with van der Waals surface area (Å²) in [5.41, 5.74) is 1.94. The van der Waals surface area contributed by atoms with Crippen LogP contribution in [0, 0.1) is 6.92 Å². The molecule has 2 rings (SSSR count). The van der Waals surface area contributed by atoms with Gasteiger partial charge in [0, 0.05) is 24.7 Å². The summed E-state index contributed by atoms with van der Waals surface area (Å²) in [5.74, 6) is -0.702. The van der Waals surface area contributed by atoms with E-state index in [1.807, 2.05) is 52.0 Å². The fraction of sp³-hybridized carbons (Fsp3) is 0.440. The summed E-state index contributed by atoms with van der Waals surface area (Å²) in [6.45, 7) is 7.48.